The Kier molecular flexibility index (Phi) is 8.04. The summed E-state index contributed by atoms with van der Waals surface area (Å²) in [6.07, 6.45) is 8.73. The lowest BCUT2D eigenvalue weighted by Crippen LogP contribution is -2.43. The van der Waals surface area contributed by atoms with Gasteiger partial charge in [0.2, 0.25) is 11.8 Å². The molecule has 0 aliphatic carbocycles. The van der Waals surface area contributed by atoms with E-state index in [1.165, 1.54) is 25.4 Å². The quantitative estimate of drug-likeness (QED) is 0.340. The zero-order valence-corrected chi connectivity index (χ0v) is 21.1. The van der Waals surface area contributed by atoms with Gasteiger partial charge in [-0.25, -0.2) is 15.0 Å². The Labute approximate surface area is 219 Å². The molecule has 3 aromatic rings. The van der Waals surface area contributed by atoms with Crippen molar-refractivity contribution in [1.29, 1.82) is 0 Å². The van der Waals surface area contributed by atoms with Crippen LogP contribution in [0.3, 0.4) is 0 Å². The van der Waals surface area contributed by atoms with Crippen molar-refractivity contribution in [2.24, 2.45) is 0 Å². The third-order valence-corrected chi connectivity index (χ3v) is 6.64. The second kappa shape index (κ2) is 11.4. The minimum atomic E-state index is -0.818. The molecule has 2 atom stereocenters. The van der Waals surface area contributed by atoms with E-state index in [1.54, 1.807) is 21.6 Å². The summed E-state index contributed by atoms with van der Waals surface area (Å²) in [5, 5.41) is 12.3. The normalized spacial score (nSPS) is 16.2. The number of rotatable bonds is 8. The Bertz CT molecular complexity index is 1360. The van der Waals surface area contributed by atoms with Crippen molar-refractivity contribution in [3.05, 3.63) is 47.7 Å². The molecule has 2 N–H and O–H groups in total. The minimum Gasteiger partial charge on any atom is -0.508 e. The van der Waals surface area contributed by atoms with Crippen LogP contribution >= 0.6 is 11.6 Å². The van der Waals surface area contributed by atoms with Crippen LogP contribution in [0, 0.1) is 12.3 Å². The van der Waals surface area contributed by atoms with Crippen LogP contribution in [0.4, 0.5) is 0 Å². The number of nitrogens with zero attached hydrogens (tertiary/aromatic N) is 5. The molecule has 1 aliphatic rings. The number of benzene rings is 1. The Morgan fingerprint density at radius 3 is 2.70 bits per heavy atom. The van der Waals surface area contributed by atoms with E-state index in [0.29, 0.717) is 35.8 Å². The van der Waals surface area contributed by atoms with Crippen molar-refractivity contribution in [3.8, 4) is 18.1 Å². The van der Waals surface area contributed by atoms with E-state index in [-0.39, 0.29) is 48.1 Å². The highest BCUT2D eigenvalue weighted by Gasteiger charge is 2.31. The molecule has 1 fully saturated rings. The molecule has 1 aliphatic heterocycles. The number of amides is 2. The molecular weight excluding hydrogens is 496 g/mol. The monoisotopic (exact) mass is 522 g/mol. The number of ketones is 1. The maximum Gasteiger partial charge on any atom is 0.237 e. The summed E-state index contributed by atoms with van der Waals surface area (Å²) >= 11 is 5.79. The molecule has 4 rings (SSSR count). The van der Waals surface area contributed by atoms with Crippen LogP contribution in [0.5, 0.6) is 5.75 Å². The van der Waals surface area contributed by atoms with Crippen LogP contribution in [0.1, 0.15) is 42.8 Å². The van der Waals surface area contributed by atoms with E-state index < -0.39 is 6.04 Å². The Balaban J connectivity index is 1.70. The summed E-state index contributed by atoms with van der Waals surface area (Å²) in [6.45, 7) is 2.25. The van der Waals surface area contributed by atoms with Gasteiger partial charge in [-0.1, -0.05) is 12.1 Å². The van der Waals surface area contributed by atoms with Gasteiger partial charge in [0.1, 0.15) is 35.0 Å². The first-order valence-corrected chi connectivity index (χ1v) is 12.4. The van der Waals surface area contributed by atoms with E-state index in [4.69, 9.17) is 23.0 Å². The highest BCUT2D eigenvalue weighted by atomic mass is 35.5. The van der Waals surface area contributed by atoms with E-state index in [9.17, 15) is 19.5 Å². The molecule has 0 saturated carbocycles. The number of terminal acetylenes is 1. The molecule has 1 aromatic carbocycles. The minimum absolute atomic E-state index is 0.107. The number of fused-ring (bicyclic) bond motifs is 1. The number of carbonyl (C=O) groups excluding carboxylic acids is 3. The maximum absolute atomic E-state index is 13.6. The second-order valence-corrected chi connectivity index (χ2v) is 9.26. The van der Waals surface area contributed by atoms with Gasteiger partial charge < -0.3 is 19.9 Å². The second-order valence-electron chi connectivity index (χ2n) is 9.00. The number of piperidine rings is 1. The van der Waals surface area contributed by atoms with Crippen LogP contribution in [0.15, 0.2) is 30.6 Å². The molecule has 192 valence electrons. The summed E-state index contributed by atoms with van der Waals surface area (Å²) in [6, 6.07) is 5.64. The van der Waals surface area contributed by atoms with Gasteiger partial charge in [-0.2, -0.15) is 0 Å². The fourth-order valence-corrected chi connectivity index (χ4v) is 4.82. The number of imidazole rings is 1. The summed E-state index contributed by atoms with van der Waals surface area (Å²) in [7, 11) is 0. The smallest absolute Gasteiger partial charge is 0.237 e. The number of Topliss-reactive ketones (excluding diaryl/α,β-unsaturated/α-hetero) is 1. The van der Waals surface area contributed by atoms with Crippen LogP contribution in [0.2, 0.25) is 0 Å². The van der Waals surface area contributed by atoms with Crippen molar-refractivity contribution < 1.29 is 19.5 Å². The van der Waals surface area contributed by atoms with Crippen LogP contribution < -0.4 is 5.32 Å². The lowest BCUT2D eigenvalue weighted by atomic mass is 9.96. The lowest BCUT2D eigenvalue weighted by Gasteiger charge is -2.32. The van der Waals surface area contributed by atoms with Gasteiger partial charge in [-0.15, -0.1) is 18.0 Å². The third-order valence-electron chi connectivity index (χ3n) is 6.41. The number of hydrogen-bond donors (Lipinski definition) is 2. The number of hydrogen-bond acceptors (Lipinski definition) is 7. The molecule has 37 heavy (non-hydrogen) atoms. The fraction of sp³-hybridized carbons (Fsp3) is 0.385. The van der Waals surface area contributed by atoms with Gasteiger partial charge in [0.05, 0.1) is 12.6 Å². The topological polar surface area (TPSA) is 130 Å². The van der Waals surface area contributed by atoms with Crippen molar-refractivity contribution in [3.63, 3.8) is 0 Å². The molecule has 2 amide bonds. The molecule has 3 heterocycles. The number of nitrogens with one attached hydrogen (secondary N) is 1. The zero-order chi connectivity index (χ0) is 26.5. The summed E-state index contributed by atoms with van der Waals surface area (Å²) in [5.74, 6) is 2.19. The predicted molar refractivity (Wildman–Crippen MR) is 137 cm³/mol. The highest BCUT2D eigenvalue weighted by molar-refractivity contribution is 6.27. The van der Waals surface area contributed by atoms with Crippen molar-refractivity contribution in [2.45, 2.75) is 44.7 Å². The summed E-state index contributed by atoms with van der Waals surface area (Å²) < 4.78 is 1.71. The maximum atomic E-state index is 13.6. The first-order chi connectivity index (χ1) is 17.8. The van der Waals surface area contributed by atoms with Gasteiger partial charge in [0.15, 0.2) is 11.4 Å². The number of aromatic nitrogens is 4. The standard InChI is InChI=1S/C26H27ClN6O4/c1-3-20-24-26(29-15-28-20)33(25(31-24)18-5-4-10-32(13-18)23(37)12-27)14-22(36)21(30-16(2)34)11-17-6-8-19(35)9-7-17/h1,6-9,15,18,21,35H,4-5,10-14H2,2H3,(H,30,34). The van der Waals surface area contributed by atoms with Crippen LogP contribution in [-0.2, 0) is 27.3 Å². The van der Waals surface area contributed by atoms with E-state index >= 15 is 0 Å². The van der Waals surface area contributed by atoms with Gasteiger partial charge >= 0.3 is 0 Å². The van der Waals surface area contributed by atoms with E-state index in [1.807, 2.05) is 0 Å². The first kappa shape index (κ1) is 26.1. The van der Waals surface area contributed by atoms with Gasteiger partial charge in [0, 0.05) is 25.9 Å². The van der Waals surface area contributed by atoms with E-state index in [2.05, 4.69) is 21.2 Å². The molecule has 0 radical (unpaired) electrons. The average Bonchev–Trinajstić information content (AvgIpc) is 3.27. The number of likely N-dealkylation sites (tertiary alicyclic amines) is 1. The number of phenols is 1. The van der Waals surface area contributed by atoms with Gasteiger partial charge in [-0.3, -0.25) is 14.4 Å². The van der Waals surface area contributed by atoms with Crippen molar-refractivity contribution >= 4 is 40.4 Å². The number of aromatic hydroxyl groups is 1. The summed E-state index contributed by atoms with van der Waals surface area (Å²) in [4.78, 5) is 52.7. The predicted octanol–water partition coefficient (Wildman–Crippen LogP) is 1.77. The number of carbonyl (C=O) groups is 3. The number of phenolic OH excluding ortho intramolecular Hbond substituents is 1. The first-order valence-electron chi connectivity index (χ1n) is 11.9. The zero-order valence-electron chi connectivity index (χ0n) is 20.4. The largest absolute Gasteiger partial charge is 0.508 e. The molecule has 10 nitrogen and oxygen atoms in total. The molecule has 2 unspecified atom stereocenters. The van der Waals surface area contributed by atoms with Gasteiger partial charge in [0.25, 0.3) is 0 Å². The van der Waals surface area contributed by atoms with E-state index in [0.717, 1.165) is 18.4 Å². The molecule has 0 spiro atoms. The number of halogens is 1. The van der Waals surface area contributed by atoms with Crippen molar-refractivity contribution in [2.75, 3.05) is 19.0 Å². The lowest BCUT2D eigenvalue weighted by molar-refractivity contribution is -0.129. The number of alkyl halides is 1. The fourth-order valence-electron chi connectivity index (χ4n) is 4.65. The third kappa shape index (κ3) is 5.89. The molecule has 11 heteroatoms. The van der Waals surface area contributed by atoms with Gasteiger partial charge in [-0.05, 0) is 42.9 Å². The Morgan fingerprint density at radius 2 is 2.03 bits per heavy atom. The molecule has 1 saturated heterocycles. The van der Waals surface area contributed by atoms with Crippen molar-refractivity contribution in [1.82, 2.24) is 29.7 Å². The Morgan fingerprint density at radius 1 is 1.27 bits per heavy atom. The van der Waals surface area contributed by atoms with Crippen LogP contribution in [-0.4, -0.2) is 72.1 Å². The SMILES string of the molecule is C#Cc1ncnc2c1nc(C1CCCN(C(=O)CCl)C1)n2CC(=O)C(Cc1ccc(O)cc1)NC(C)=O. The molecule has 2 aromatic heterocycles. The summed E-state index contributed by atoms with van der Waals surface area (Å²) in [5.41, 5.74) is 1.91. The highest BCUT2D eigenvalue weighted by Crippen LogP contribution is 2.30. The average molecular weight is 523 g/mol. The van der Waals surface area contributed by atoms with Crippen LogP contribution in [0.25, 0.3) is 11.2 Å². The molecule has 0 bridgehead atoms. The molecular formula is C26H27ClN6O4. The Hall–Kier alpha value is -3.97.